The fourth-order valence-electron chi connectivity index (χ4n) is 2.91. The topological polar surface area (TPSA) is 86.9 Å². The van der Waals surface area contributed by atoms with Crippen molar-refractivity contribution in [1.82, 2.24) is 15.3 Å². The summed E-state index contributed by atoms with van der Waals surface area (Å²) in [5.41, 5.74) is 5.26. The van der Waals surface area contributed by atoms with Crippen LogP contribution >= 0.6 is 0 Å². The Bertz CT molecular complexity index is 945. The van der Waals surface area contributed by atoms with E-state index in [1.165, 1.54) is 0 Å². The number of aryl methyl sites for hydroxylation is 1. The molecule has 0 bridgehead atoms. The third kappa shape index (κ3) is 2.74. The van der Waals surface area contributed by atoms with E-state index in [4.69, 9.17) is 0 Å². The van der Waals surface area contributed by atoms with Crippen molar-refractivity contribution in [2.75, 3.05) is 5.32 Å². The van der Waals surface area contributed by atoms with Crippen molar-refractivity contribution in [3.05, 3.63) is 59.4 Å². The van der Waals surface area contributed by atoms with Gasteiger partial charge in [0.2, 0.25) is 5.91 Å². The molecule has 3 N–H and O–H groups in total. The van der Waals surface area contributed by atoms with E-state index in [9.17, 15) is 9.59 Å². The van der Waals surface area contributed by atoms with Gasteiger partial charge in [0.15, 0.2) is 0 Å². The number of fused-ring (bicyclic) bond motifs is 2. The number of carbonyl (C=O) groups excluding carboxylic acids is 2. The molecule has 2 heterocycles. The van der Waals surface area contributed by atoms with Crippen LogP contribution in [0, 0.1) is 0 Å². The predicted molar refractivity (Wildman–Crippen MR) is 90.7 cm³/mol. The van der Waals surface area contributed by atoms with E-state index < -0.39 is 0 Å². The zero-order valence-electron chi connectivity index (χ0n) is 12.9. The first-order chi connectivity index (χ1) is 11.7. The van der Waals surface area contributed by atoms with Gasteiger partial charge in [-0.25, -0.2) is 4.98 Å². The third-order valence-corrected chi connectivity index (χ3v) is 4.20. The minimum absolute atomic E-state index is 0.0535. The van der Waals surface area contributed by atoms with Gasteiger partial charge in [-0.05, 0) is 41.8 Å². The van der Waals surface area contributed by atoms with Gasteiger partial charge < -0.3 is 15.6 Å². The molecule has 0 aliphatic carbocycles. The molecule has 24 heavy (non-hydrogen) atoms. The van der Waals surface area contributed by atoms with E-state index >= 15 is 0 Å². The molecule has 0 radical (unpaired) electrons. The van der Waals surface area contributed by atoms with Crippen LogP contribution in [-0.4, -0.2) is 21.8 Å². The van der Waals surface area contributed by atoms with Crippen molar-refractivity contribution in [1.29, 1.82) is 0 Å². The van der Waals surface area contributed by atoms with Crippen LogP contribution in [-0.2, 0) is 17.8 Å². The van der Waals surface area contributed by atoms with Gasteiger partial charge in [-0.3, -0.25) is 9.59 Å². The van der Waals surface area contributed by atoms with E-state index in [-0.39, 0.29) is 11.8 Å². The average molecular weight is 320 g/mol. The van der Waals surface area contributed by atoms with Gasteiger partial charge in [-0.1, -0.05) is 12.1 Å². The quantitative estimate of drug-likeness (QED) is 0.692. The molecule has 0 saturated carbocycles. The van der Waals surface area contributed by atoms with Gasteiger partial charge in [0, 0.05) is 24.2 Å². The first-order valence-corrected chi connectivity index (χ1v) is 7.82. The molecule has 120 valence electrons. The van der Waals surface area contributed by atoms with Crippen LogP contribution in [0.25, 0.3) is 11.0 Å². The lowest BCUT2D eigenvalue weighted by atomic mass is 10.0. The average Bonchev–Trinajstić information content (AvgIpc) is 3.07. The van der Waals surface area contributed by atoms with Gasteiger partial charge in [-0.2, -0.15) is 0 Å². The smallest absolute Gasteiger partial charge is 0.251 e. The Balaban J connectivity index is 1.46. The van der Waals surface area contributed by atoms with Gasteiger partial charge in [-0.15, -0.1) is 0 Å². The first-order valence-electron chi connectivity index (χ1n) is 7.82. The second-order valence-corrected chi connectivity index (χ2v) is 5.86. The fourth-order valence-corrected chi connectivity index (χ4v) is 2.91. The Morgan fingerprint density at radius 3 is 3.00 bits per heavy atom. The third-order valence-electron chi connectivity index (χ3n) is 4.20. The summed E-state index contributed by atoms with van der Waals surface area (Å²) in [5, 5.41) is 5.78. The lowest BCUT2D eigenvalue weighted by Crippen LogP contribution is -2.23. The number of hydrogen-bond acceptors (Lipinski definition) is 3. The second kappa shape index (κ2) is 5.81. The fraction of sp³-hybridized carbons (Fsp3) is 0.167. The first kappa shape index (κ1) is 14.4. The van der Waals surface area contributed by atoms with Crippen LogP contribution < -0.4 is 10.6 Å². The molecule has 2 amide bonds. The largest absolute Gasteiger partial charge is 0.348 e. The van der Waals surface area contributed by atoms with E-state index in [1.807, 2.05) is 24.3 Å². The van der Waals surface area contributed by atoms with E-state index in [0.29, 0.717) is 18.5 Å². The standard InChI is InChI=1S/C18H16N4O2/c23-17-6-3-12-7-11(1-4-14(12)22-17)9-19-18(24)13-2-5-15-16(8-13)21-10-20-15/h1-2,4-5,7-8,10H,3,6,9H2,(H,19,24)(H,20,21)(H,22,23). The van der Waals surface area contributed by atoms with Gasteiger partial charge in [0.05, 0.1) is 17.4 Å². The molecule has 0 atom stereocenters. The number of rotatable bonds is 3. The summed E-state index contributed by atoms with van der Waals surface area (Å²) in [6.07, 6.45) is 2.85. The lowest BCUT2D eigenvalue weighted by Gasteiger charge is -2.17. The van der Waals surface area contributed by atoms with Crippen LogP contribution in [0.3, 0.4) is 0 Å². The lowest BCUT2D eigenvalue weighted by molar-refractivity contribution is -0.116. The van der Waals surface area contributed by atoms with E-state index in [0.717, 1.165) is 34.3 Å². The number of nitrogens with zero attached hydrogens (tertiary/aromatic N) is 1. The number of H-pyrrole nitrogens is 1. The Morgan fingerprint density at radius 2 is 2.08 bits per heavy atom. The number of aromatic amines is 1. The predicted octanol–water partition coefficient (Wildman–Crippen LogP) is 2.38. The number of imidazole rings is 1. The maximum Gasteiger partial charge on any atom is 0.251 e. The Morgan fingerprint density at radius 1 is 1.17 bits per heavy atom. The molecule has 2 aromatic carbocycles. The maximum absolute atomic E-state index is 12.3. The molecular weight excluding hydrogens is 304 g/mol. The minimum Gasteiger partial charge on any atom is -0.348 e. The summed E-state index contributed by atoms with van der Waals surface area (Å²) in [7, 11) is 0. The van der Waals surface area contributed by atoms with Gasteiger partial charge in [0.1, 0.15) is 0 Å². The van der Waals surface area contributed by atoms with Crippen molar-refractivity contribution in [2.45, 2.75) is 19.4 Å². The molecule has 4 rings (SSSR count). The number of aromatic nitrogens is 2. The van der Waals surface area contributed by atoms with Gasteiger partial charge >= 0.3 is 0 Å². The normalized spacial score (nSPS) is 13.4. The number of carbonyl (C=O) groups is 2. The number of amides is 2. The molecule has 3 aromatic rings. The summed E-state index contributed by atoms with van der Waals surface area (Å²) in [6, 6.07) is 11.2. The molecule has 6 nitrogen and oxygen atoms in total. The highest BCUT2D eigenvalue weighted by Crippen LogP contribution is 2.23. The van der Waals surface area contributed by atoms with E-state index in [1.54, 1.807) is 18.5 Å². The van der Waals surface area contributed by atoms with Crippen LogP contribution in [0.1, 0.15) is 27.9 Å². The molecule has 0 fully saturated rings. The molecular formula is C18H16N4O2. The van der Waals surface area contributed by atoms with Gasteiger partial charge in [0.25, 0.3) is 5.91 Å². The Kier molecular flexibility index (Phi) is 3.49. The van der Waals surface area contributed by atoms with E-state index in [2.05, 4.69) is 20.6 Å². The minimum atomic E-state index is -0.127. The summed E-state index contributed by atoms with van der Waals surface area (Å²) < 4.78 is 0. The van der Waals surface area contributed by atoms with Crippen molar-refractivity contribution < 1.29 is 9.59 Å². The molecule has 0 spiro atoms. The summed E-state index contributed by atoms with van der Waals surface area (Å²) >= 11 is 0. The molecule has 0 unspecified atom stereocenters. The second-order valence-electron chi connectivity index (χ2n) is 5.86. The van der Waals surface area contributed by atoms with Crippen molar-refractivity contribution >= 4 is 28.5 Å². The van der Waals surface area contributed by atoms with Crippen LogP contribution in [0.5, 0.6) is 0 Å². The van der Waals surface area contributed by atoms with Crippen molar-refractivity contribution in [3.63, 3.8) is 0 Å². The van der Waals surface area contributed by atoms with Crippen LogP contribution in [0.2, 0.25) is 0 Å². The SMILES string of the molecule is O=C1CCc2cc(CNC(=O)c3ccc4nc[nH]c4c3)ccc2N1. The number of nitrogens with one attached hydrogen (secondary N) is 3. The number of hydrogen-bond donors (Lipinski definition) is 3. The highest BCUT2D eigenvalue weighted by molar-refractivity contribution is 5.97. The molecule has 6 heteroatoms. The monoisotopic (exact) mass is 320 g/mol. The van der Waals surface area contributed by atoms with Crippen molar-refractivity contribution in [2.24, 2.45) is 0 Å². The zero-order chi connectivity index (χ0) is 16.5. The molecule has 1 aromatic heterocycles. The Labute approximate surface area is 138 Å². The highest BCUT2D eigenvalue weighted by Gasteiger charge is 2.15. The summed E-state index contributed by atoms with van der Waals surface area (Å²) in [6.45, 7) is 0.446. The number of benzene rings is 2. The van der Waals surface area contributed by atoms with Crippen LogP contribution in [0.4, 0.5) is 5.69 Å². The molecule has 1 aliphatic rings. The zero-order valence-corrected chi connectivity index (χ0v) is 12.9. The molecule has 0 saturated heterocycles. The Hall–Kier alpha value is -3.15. The highest BCUT2D eigenvalue weighted by atomic mass is 16.2. The maximum atomic E-state index is 12.3. The molecule has 1 aliphatic heterocycles. The van der Waals surface area contributed by atoms with Crippen molar-refractivity contribution in [3.8, 4) is 0 Å². The summed E-state index contributed by atoms with van der Waals surface area (Å²) in [5.74, 6) is -0.0738. The van der Waals surface area contributed by atoms with Crippen LogP contribution in [0.15, 0.2) is 42.7 Å². The summed E-state index contributed by atoms with van der Waals surface area (Å²) in [4.78, 5) is 30.8. The number of anilines is 1.